The maximum atomic E-state index is 14.0. The number of nitrogens with one attached hydrogen (secondary N) is 1. The highest BCUT2D eigenvalue weighted by molar-refractivity contribution is 6.74. The van der Waals surface area contributed by atoms with Gasteiger partial charge in [0.05, 0.1) is 78.4 Å². The van der Waals surface area contributed by atoms with Gasteiger partial charge in [-0.15, -0.1) is 5.10 Å². The minimum atomic E-state index is -2.50. The van der Waals surface area contributed by atoms with Crippen molar-refractivity contribution in [2.75, 3.05) is 28.3 Å². The fourth-order valence-corrected chi connectivity index (χ4v) is 13.6. The molecule has 0 spiro atoms. The van der Waals surface area contributed by atoms with Crippen LogP contribution in [0.15, 0.2) is 67.0 Å². The third-order valence-electron chi connectivity index (χ3n) is 18.2. The maximum absolute atomic E-state index is 14.0. The van der Waals surface area contributed by atoms with E-state index in [4.69, 9.17) is 51.8 Å². The number of benzene rings is 1. The molecular formula is C63H98N6O15Si. The molecule has 2 aromatic heterocycles. The number of carbonyl (C=O) groups is 2. The van der Waals surface area contributed by atoms with E-state index in [0.29, 0.717) is 37.8 Å². The fraction of sp³-hybridized carbons (Fsp3) is 0.730. The number of aliphatic hydroxyl groups excluding tert-OH is 1. The van der Waals surface area contributed by atoms with Crippen LogP contribution in [0.2, 0.25) is 18.1 Å². The molecule has 0 saturated carbocycles. The van der Waals surface area contributed by atoms with Gasteiger partial charge in [-0.1, -0.05) is 75.4 Å². The fourth-order valence-electron chi connectivity index (χ4n) is 12.4. The number of aliphatic hydroxyl groups is 2. The Morgan fingerprint density at radius 3 is 2.39 bits per heavy atom. The molecule has 20 atom stereocenters. The van der Waals surface area contributed by atoms with Gasteiger partial charge in [0, 0.05) is 44.2 Å². The Balaban J connectivity index is 0.978. The number of aryl methyl sites for hydroxylation is 1. The molecule has 3 aromatic rings. The molecule has 0 aliphatic carbocycles. The first-order valence-electron chi connectivity index (χ1n) is 30.8. The van der Waals surface area contributed by atoms with E-state index in [1.807, 2.05) is 94.6 Å². The van der Waals surface area contributed by atoms with E-state index in [1.54, 1.807) is 31.8 Å². The third kappa shape index (κ3) is 17.0. The summed E-state index contributed by atoms with van der Waals surface area (Å²) in [5.41, 5.74) is 0.826. The van der Waals surface area contributed by atoms with Crippen molar-refractivity contribution in [2.45, 2.75) is 255 Å². The Hall–Kier alpha value is -4.11. The van der Waals surface area contributed by atoms with E-state index in [-0.39, 0.29) is 54.4 Å². The van der Waals surface area contributed by atoms with Crippen molar-refractivity contribution in [1.29, 1.82) is 0 Å². The van der Waals surface area contributed by atoms with Gasteiger partial charge in [0.15, 0.2) is 33.3 Å². The number of hydrogen-bond donors (Lipinski definition) is 3. The lowest BCUT2D eigenvalue weighted by Crippen LogP contribution is -2.65. The summed E-state index contributed by atoms with van der Waals surface area (Å²) in [5.74, 6) is -1.42. The molecule has 7 heterocycles. The van der Waals surface area contributed by atoms with Gasteiger partial charge in [-0.3, -0.25) is 14.6 Å². The molecule has 8 rings (SSSR count). The number of likely N-dealkylation sites (N-methyl/N-ethyl adjacent to an activating group) is 2. The number of aromatic nitrogens is 4. The maximum Gasteiger partial charge on any atom is 0.308 e. The zero-order valence-electron chi connectivity index (χ0n) is 52.8. The number of carbonyl (C=O) groups excluding carboxylic acids is 2. The summed E-state index contributed by atoms with van der Waals surface area (Å²) >= 11 is 0. The Morgan fingerprint density at radius 1 is 0.929 bits per heavy atom. The minimum Gasteiger partial charge on any atom is -0.462 e. The van der Waals surface area contributed by atoms with Gasteiger partial charge < -0.3 is 72.2 Å². The van der Waals surface area contributed by atoms with E-state index in [0.717, 1.165) is 29.4 Å². The number of fused-ring (bicyclic) bond motifs is 4. The second kappa shape index (κ2) is 29.0. The number of para-hydroxylation sites is 1. The lowest BCUT2D eigenvalue weighted by Gasteiger charge is -2.50. The standard InChI is InChI=1S/C63H98N6O15Si/c1-37-30-43-32-53(84-85(14,15)62(6,7)8)80-49(33-51(71)75-38(2)22-17-16-18-26-48(37)79-52-29-28-46(64-10)39(3)76-52)59(74-13)58(43)83-61-56(72)55(68(11)12)57(40(4)78-61)82-54-34-63(9,73)60(41(5)77-54)81-50(70)27-21-24-44-36-69(67-66-44)45-31-42-23-19-20-25-47(42)65-35-45/h16-20,23,25-26,31,35-41,43,46,48-49,52-61,64,72-73H,21-22,24,27-30,32-34H2,1-15H3/b17-16-,26-18+/t37-,38-,39-,40-,41+,43-,46+,48+,49-,52+,53?,54+,55-,56-,57-,58+,59+,60+,61+,63-/m1/s1. The van der Waals surface area contributed by atoms with Gasteiger partial charge in [-0.2, -0.15) is 0 Å². The first-order chi connectivity index (χ1) is 40.2. The van der Waals surface area contributed by atoms with E-state index in [1.165, 1.54) is 0 Å². The molecule has 5 aliphatic heterocycles. The zero-order chi connectivity index (χ0) is 61.5. The van der Waals surface area contributed by atoms with Crippen molar-refractivity contribution in [1.82, 2.24) is 30.2 Å². The van der Waals surface area contributed by atoms with Crippen LogP contribution in [0.5, 0.6) is 0 Å². The summed E-state index contributed by atoms with van der Waals surface area (Å²) in [7, 11) is 4.73. The van der Waals surface area contributed by atoms with Gasteiger partial charge in [-0.25, -0.2) is 4.68 Å². The molecule has 1 unspecified atom stereocenters. The third-order valence-corrected chi connectivity index (χ3v) is 22.6. The molecule has 85 heavy (non-hydrogen) atoms. The quantitative estimate of drug-likeness (QED) is 0.0861. The number of cyclic esters (lactones) is 1. The molecule has 0 radical (unpaired) electrons. The van der Waals surface area contributed by atoms with E-state index in [2.05, 4.69) is 74.4 Å². The Bertz CT molecular complexity index is 2700. The number of methoxy groups -OCH3 is 1. The Labute approximate surface area is 504 Å². The van der Waals surface area contributed by atoms with Gasteiger partial charge in [-0.05, 0) is 130 Å². The summed E-state index contributed by atoms with van der Waals surface area (Å²) in [6.45, 7) is 22.2. The zero-order valence-corrected chi connectivity index (χ0v) is 53.8. The molecule has 5 aliphatic rings. The second-order valence-corrected chi connectivity index (χ2v) is 31.0. The molecule has 1 aromatic carbocycles. The average molecular weight is 1210 g/mol. The topological polar surface area (TPSA) is 235 Å². The van der Waals surface area contributed by atoms with Crippen molar-refractivity contribution < 1.29 is 71.6 Å². The monoisotopic (exact) mass is 1210 g/mol. The SMILES string of the molecule is CN[C@H]1CC[C@H](O[C@H]2/C=C/C=C\C[C@@H](C)OC(=O)C[C@H]3OC(O[Si](C)(C)C(C)(C)C)C[C@@H](C[C@H]2C)[C@H](O[C@@H]2O[C@H](C)[C@@H](O[C@H]4C[C@@](C)(O)[C@@H](OC(=O)CCCc5cn(-c6cnc7ccccc7c6)nn5)[C@H](C)O4)[C@H](N(C)C)[C@H]2O)[C@H]3OC)O[C@@H]1C. The summed E-state index contributed by atoms with van der Waals surface area (Å²) < 4.78 is 74.7. The second-order valence-electron chi connectivity index (χ2n) is 26.3. The lowest BCUT2D eigenvalue weighted by atomic mass is 9.82. The summed E-state index contributed by atoms with van der Waals surface area (Å²) in [6, 6.07) is 9.34. The number of ether oxygens (including phenoxy) is 10. The van der Waals surface area contributed by atoms with Gasteiger partial charge in [0.2, 0.25) is 0 Å². The Kier molecular flexibility index (Phi) is 22.8. The van der Waals surface area contributed by atoms with Crippen molar-refractivity contribution in [3.05, 3.63) is 72.7 Å². The predicted molar refractivity (Wildman–Crippen MR) is 321 cm³/mol. The first-order valence-corrected chi connectivity index (χ1v) is 33.7. The molecule has 4 fully saturated rings. The van der Waals surface area contributed by atoms with Gasteiger partial charge in [0.25, 0.3) is 0 Å². The highest BCUT2D eigenvalue weighted by Crippen LogP contribution is 2.44. The summed E-state index contributed by atoms with van der Waals surface area (Å²) in [4.78, 5) is 33.8. The Morgan fingerprint density at radius 2 is 1.68 bits per heavy atom. The molecule has 2 bridgehead atoms. The van der Waals surface area contributed by atoms with E-state index < -0.39 is 112 Å². The van der Waals surface area contributed by atoms with Crippen LogP contribution >= 0.6 is 0 Å². The lowest BCUT2D eigenvalue weighted by molar-refractivity contribution is -0.343. The average Bonchev–Trinajstić information content (AvgIpc) is 4.03. The smallest absolute Gasteiger partial charge is 0.308 e. The van der Waals surface area contributed by atoms with Crippen molar-refractivity contribution >= 4 is 31.2 Å². The van der Waals surface area contributed by atoms with E-state index in [9.17, 15) is 19.8 Å². The van der Waals surface area contributed by atoms with Crippen LogP contribution in [-0.2, 0) is 67.8 Å². The van der Waals surface area contributed by atoms with Crippen LogP contribution in [0.1, 0.15) is 126 Å². The van der Waals surface area contributed by atoms with Crippen molar-refractivity contribution in [3.63, 3.8) is 0 Å². The van der Waals surface area contributed by atoms with Crippen LogP contribution in [0, 0.1) is 11.8 Å². The molecule has 474 valence electrons. The number of hydrogen-bond acceptors (Lipinski definition) is 20. The van der Waals surface area contributed by atoms with Crippen molar-refractivity contribution in [2.24, 2.45) is 11.8 Å². The summed E-state index contributed by atoms with van der Waals surface area (Å²) in [5, 5.41) is 37.4. The number of allylic oxidation sites excluding steroid dienone is 2. The number of nitrogens with zero attached hydrogens (tertiary/aromatic N) is 5. The number of pyridine rings is 1. The normalized spacial score (nSPS) is 37.3. The molecular weight excluding hydrogens is 1110 g/mol. The number of esters is 2. The first kappa shape index (κ1) is 66.8. The highest BCUT2D eigenvalue weighted by Gasteiger charge is 2.54. The molecule has 21 nitrogen and oxygen atoms in total. The highest BCUT2D eigenvalue weighted by atomic mass is 28.4. The molecule has 4 saturated heterocycles. The largest absolute Gasteiger partial charge is 0.462 e. The van der Waals surface area contributed by atoms with Crippen LogP contribution in [0.3, 0.4) is 0 Å². The van der Waals surface area contributed by atoms with Gasteiger partial charge in [0.1, 0.15) is 36.3 Å². The molecule has 3 N–H and O–H groups in total. The van der Waals surface area contributed by atoms with E-state index >= 15 is 0 Å². The predicted octanol–water partition coefficient (Wildman–Crippen LogP) is 7.87. The minimum absolute atomic E-state index is 0.0435. The van der Waals surface area contributed by atoms with Crippen LogP contribution in [-0.4, -0.2) is 194 Å². The summed E-state index contributed by atoms with van der Waals surface area (Å²) in [6.07, 6.45) is 4.03. The molecule has 22 heteroatoms. The van der Waals surface area contributed by atoms with Gasteiger partial charge >= 0.3 is 11.9 Å². The molecule has 0 amide bonds. The van der Waals surface area contributed by atoms with Crippen LogP contribution in [0.25, 0.3) is 16.6 Å². The van der Waals surface area contributed by atoms with Crippen LogP contribution in [0.4, 0.5) is 0 Å². The van der Waals surface area contributed by atoms with Crippen molar-refractivity contribution in [3.8, 4) is 5.69 Å². The number of rotatable bonds is 17. The van der Waals surface area contributed by atoms with Crippen LogP contribution < -0.4 is 5.32 Å².